The van der Waals surface area contributed by atoms with Gasteiger partial charge >= 0.3 is 0 Å². The fraction of sp³-hybridized carbons (Fsp3) is 0.167. The van der Waals surface area contributed by atoms with Gasteiger partial charge in [-0.15, -0.1) is 11.3 Å². The van der Waals surface area contributed by atoms with E-state index in [2.05, 4.69) is 10.3 Å². The summed E-state index contributed by atoms with van der Waals surface area (Å²) in [5.41, 5.74) is 7.39. The zero-order chi connectivity index (χ0) is 16.9. The predicted molar refractivity (Wildman–Crippen MR) is 97.1 cm³/mol. The lowest BCUT2D eigenvalue weighted by Crippen LogP contribution is -2.26. The van der Waals surface area contributed by atoms with Gasteiger partial charge in [0.15, 0.2) is 0 Å². The minimum atomic E-state index is -0.0924. The monoisotopic (exact) mass is 338 g/mol. The van der Waals surface area contributed by atoms with E-state index in [4.69, 9.17) is 11.1 Å². The lowest BCUT2D eigenvalue weighted by atomic mass is 9.96. The van der Waals surface area contributed by atoms with Gasteiger partial charge in [0, 0.05) is 18.7 Å². The fourth-order valence-electron chi connectivity index (χ4n) is 2.40. The van der Waals surface area contributed by atoms with Crippen LogP contribution in [0.25, 0.3) is 10.6 Å². The maximum Gasteiger partial charge on any atom is 0.261 e. The molecule has 0 spiro atoms. The Morgan fingerprint density at radius 2 is 2.25 bits per heavy atom. The van der Waals surface area contributed by atoms with Crippen LogP contribution in [0.3, 0.4) is 0 Å². The van der Waals surface area contributed by atoms with Crippen molar-refractivity contribution in [1.82, 2.24) is 10.3 Å². The molecule has 0 aliphatic heterocycles. The van der Waals surface area contributed by atoms with Crippen LogP contribution in [0.2, 0.25) is 0 Å². The minimum Gasteiger partial charge on any atom is -0.387 e. The molecule has 5 nitrogen and oxygen atoms in total. The number of nitrogens with one attached hydrogen (secondary N) is 2. The summed E-state index contributed by atoms with van der Waals surface area (Å²) in [5.74, 6) is 0.0547. The van der Waals surface area contributed by atoms with Crippen molar-refractivity contribution < 1.29 is 4.79 Å². The Morgan fingerprint density at radius 3 is 2.92 bits per heavy atom. The Hall–Kier alpha value is -2.73. The van der Waals surface area contributed by atoms with Crippen molar-refractivity contribution in [3.63, 3.8) is 0 Å². The fourth-order valence-corrected chi connectivity index (χ4v) is 3.30. The molecule has 122 valence electrons. The summed E-state index contributed by atoms with van der Waals surface area (Å²) >= 11 is 1.43. The van der Waals surface area contributed by atoms with Crippen molar-refractivity contribution in [2.75, 3.05) is 6.54 Å². The highest BCUT2D eigenvalue weighted by molar-refractivity contribution is 7.17. The van der Waals surface area contributed by atoms with E-state index in [0.29, 0.717) is 17.8 Å². The molecule has 0 fully saturated rings. The summed E-state index contributed by atoms with van der Waals surface area (Å²) < 4.78 is 0. The van der Waals surface area contributed by atoms with Crippen molar-refractivity contribution in [3.05, 3.63) is 65.2 Å². The molecule has 1 aliphatic carbocycles. The largest absolute Gasteiger partial charge is 0.387 e. The average molecular weight is 338 g/mol. The summed E-state index contributed by atoms with van der Waals surface area (Å²) in [4.78, 5) is 18.2. The van der Waals surface area contributed by atoms with E-state index >= 15 is 0 Å². The topological polar surface area (TPSA) is 91.9 Å². The molecule has 2 aromatic rings. The number of nitrogens with two attached hydrogens (primary N) is 1. The third-order valence-corrected chi connectivity index (χ3v) is 4.88. The van der Waals surface area contributed by atoms with Crippen LogP contribution in [0.4, 0.5) is 0 Å². The Kier molecular flexibility index (Phi) is 4.86. The van der Waals surface area contributed by atoms with Crippen LogP contribution in [0.5, 0.6) is 0 Å². The molecule has 0 radical (unpaired) electrons. The molecular formula is C18H18N4OS. The van der Waals surface area contributed by atoms with Crippen LogP contribution >= 0.6 is 11.3 Å². The Balaban J connectivity index is 1.58. The van der Waals surface area contributed by atoms with E-state index in [0.717, 1.165) is 16.1 Å². The number of carbonyl (C=O) groups excluding carboxylic acids is 1. The van der Waals surface area contributed by atoms with Crippen molar-refractivity contribution in [2.45, 2.75) is 6.42 Å². The quantitative estimate of drug-likeness (QED) is 0.578. The van der Waals surface area contributed by atoms with Crippen molar-refractivity contribution in [3.8, 4) is 10.6 Å². The Morgan fingerprint density at radius 1 is 1.38 bits per heavy atom. The highest BCUT2D eigenvalue weighted by atomic mass is 32.1. The molecule has 6 heteroatoms. The molecular weight excluding hydrogens is 320 g/mol. The van der Waals surface area contributed by atoms with Crippen molar-refractivity contribution in [1.29, 1.82) is 5.41 Å². The summed E-state index contributed by atoms with van der Waals surface area (Å²) in [6.07, 6.45) is 8.29. The number of hydrogen-bond acceptors (Lipinski definition) is 4. The number of nitrogens with zero attached hydrogens (tertiary/aromatic N) is 1. The number of allylic oxidation sites excluding steroid dienone is 1. The average Bonchev–Trinajstić information content (AvgIpc) is 3.11. The van der Waals surface area contributed by atoms with Gasteiger partial charge in [-0.2, -0.15) is 0 Å². The second-order valence-electron chi connectivity index (χ2n) is 5.50. The number of pyridine rings is 1. The minimum absolute atomic E-state index is 0.0253. The molecule has 0 saturated heterocycles. The van der Waals surface area contributed by atoms with E-state index in [1.165, 1.54) is 11.3 Å². The Bertz CT molecular complexity index is 807. The predicted octanol–water partition coefficient (Wildman–Crippen LogP) is 2.98. The number of thiophene rings is 1. The van der Waals surface area contributed by atoms with Crippen LogP contribution < -0.4 is 11.1 Å². The lowest BCUT2D eigenvalue weighted by Gasteiger charge is -2.15. The van der Waals surface area contributed by atoms with E-state index < -0.39 is 0 Å². The summed E-state index contributed by atoms with van der Waals surface area (Å²) in [7, 11) is 0. The van der Waals surface area contributed by atoms with Gasteiger partial charge < -0.3 is 11.1 Å². The zero-order valence-electron chi connectivity index (χ0n) is 13.0. The smallest absolute Gasteiger partial charge is 0.261 e. The summed E-state index contributed by atoms with van der Waals surface area (Å²) in [5, 5.41) is 10.4. The van der Waals surface area contributed by atoms with Crippen LogP contribution in [0, 0.1) is 11.3 Å². The van der Waals surface area contributed by atoms with E-state index in [1.807, 2.05) is 48.6 Å². The maximum atomic E-state index is 12.3. The third kappa shape index (κ3) is 3.78. The molecule has 1 atom stereocenters. The standard InChI is InChI=1S/C18H18N4OS/c19-17(20)13-6-4-12(5-7-13)11-22-18(23)16-9-8-15(24-16)14-3-1-2-10-21-14/h1-6,8-10,13H,7,11H2,(H3,19,20)(H,22,23). The normalized spacial score (nSPS) is 16.5. The second-order valence-corrected chi connectivity index (χ2v) is 6.58. The van der Waals surface area contributed by atoms with Crippen LogP contribution in [0.15, 0.2) is 60.3 Å². The first-order valence-corrected chi connectivity index (χ1v) is 8.46. The van der Waals surface area contributed by atoms with Crippen LogP contribution in [-0.4, -0.2) is 23.3 Å². The zero-order valence-corrected chi connectivity index (χ0v) is 13.8. The van der Waals surface area contributed by atoms with Gasteiger partial charge in [0.25, 0.3) is 5.91 Å². The van der Waals surface area contributed by atoms with Gasteiger partial charge in [-0.25, -0.2) is 0 Å². The highest BCUT2D eigenvalue weighted by Crippen LogP contribution is 2.26. The van der Waals surface area contributed by atoms with Crippen molar-refractivity contribution >= 4 is 23.1 Å². The van der Waals surface area contributed by atoms with E-state index in [1.54, 1.807) is 6.20 Å². The molecule has 4 N–H and O–H groups in total. The first-order chi connectivity index (χ1) is 11.6. The number of aromatic nitrogens is 1. The second kappa shape index (κ2) is 7.23. The number of amides is 1. The van der Waals surface area contributed by atoms with Gasteiger partial charge in [-0.3, -0.25) is 15.2 Å². The van der Waals surface area contributed by atoms with Gasteiger partial charge in [-0.05, 0) is 36.3 Å². The lowest BCUT2D eigenvalue weighted by molar-refractivity contribution is 0.0961. The van der Waals surface area contributed by atoms with Crippen LogP contribution in [-0.2, 0) is 0 Å². The van der Waals surface area contributed by atoms with Gasteiger partial charge in [-0.1, -0.05) is 24.3 Å². The number of rotatable bonds is 5. The van der Waals surface area contributed by atoms with E-state index in [-0.39, 0.29) is 17.7 Å². The molecule has 1 aliphatic rings. The highest BCUT2D eigenvalue weighted by Gasteiger charge is 2.13. The molecule has 1 unspecified atom stereocenters. The SMILES string of the molecule is N=C(N)C1C=CC(CNC(=O)c2ccc(-c3ccccn3)s2)=CC1. The van der Waals surface area contributed by atoms with Gasteiger partial charge in [0.2, 0.25) is 0 Å². The summed E-state index contributed by atoms with van der Waals surface area (Å²) in [6, 6.07) is 9.46. The Labute approximate surface area is 144 Å². The van der Waals surface area contributed by atoms with Crippen molar-refractivity contribution in [2.24, 2.45) is 11.7 Å². The number of amidine groups is 1. The first kappa shape index (κ1) is 16.1. The molecule has 0 aromatic carbocycles. The molecule has 2 aromatic heterocycles. The third-order valence-electron chi connectivity index (χ3n) is 3.78. The summed E-state index contributed by atoms with van der Waals surface area (Å²) in [6.45, 7) is 0.469. The first-order valence-electron chi connectivity index (χ1n) is 7.64. The number of carbonyl (C=O) groups is 1. The molecule has 0 saturated carbocycles. The molecule has 0 bridgehead atoms. The van der Waals surface area contributed by atoms with Gasteiger partial charge in [0.05, 0.1) is 21.3 Å². The number of hydrogen-bond donors (Lipinski definition) is 3. The molecule has 3 rings (SSSR count). The molecule has 24 heavy (non-hydrogen) atoms. The molecule has 1 amide bonds. The van der Waals surface area contributed by atoms with Gasteiger partial charge in [0.1, 0.15) is 0 Å². The maximum absolute atomic E-state index is 12.3. The molecule has 2 heterocycles. The van der Waals surface area contributed by atoms with Crippen LogP contribution in [0.1, 0.15) is 16.1 Å². The van der Waals surface area contributed by atoms with E-state index in [9.17, 15) is 4.79 Å².